The van der Waals surface area contributed by atoms with Crippen LogP contribution in [0, 0.1) is 5.92 Å². The summed E-state index contributed by atoms with van der Waals surface area (Å²) in [6.45, 7) is 4.81. The molecule has 0 amide bonds. The number of hydrogen-bond acceptors (Lipinski definition) is 3. The predicted octanol–water partition coefficient (Wildman–Crippen LogP) is 1.44. The van der Waals surface area contributed by atoms with Crippen molar-refractivity contribution in [3.05, 3.63) is 0 Å². The van der Waals surface area contributed by atoms with Crippen molar-refractivity contribution in [2.45, 2.75) is 39.0 Å². The highest BCUT2D eigenvalue weighted by molar-refractivity contribution is 7.89. The first-order valence-electron chi connectivity index (χ1n) is 6.71. The van der Waals surface area contributed by atoms with Gasteiger partial charge in [-0.05, 0) is 44.7 Å². The lowest BCUT2D eigenvalue weighted by molar-refractivity contribution is 0.362. The van der Waals surface area contributed by atoms with Gasteiger partial charge in [0.1, 0.15) is 0 Å². The van der Waals surface area contributed by atoms with Crippen molar-refractivity contribution < 1.29 is 8.42 Å². The Hall–Kier alpha value is -0.130. The molecular formula is C12H26N2O2S. The molecule has 1 rings (SSSR count). The molecule has 1 saturated heterocycles. The maximum atomic E-state index is 12.0. The molecule has 1 aliphatic heterocycles. The van der Waals surface area contributed by atoms with Gasteiger partial charge in [-0.25, -0.2) is 12.7 Å². The molecule has 0 saturated carbocycles. The molecule has 0 unspecified atom stereocenters. The number of nitrogens with zero attached hydrogens (tertiary/aromatic N) is 1. The smallest absolute Gasteiger partial charge is 0.213 e. The van der Waals surface area contributed by atoms with Gasteiger partial charge >= 0.3 is 0 Å². The highest BCUT2D eigenvalue weighted by atomic mass is 32.2. The van der Waals surface area contributed by atoms with Crippen LogP contribution >= 0.6 is 0 Å². The summed E-state index contributed by atoms with van der Waals surface area (Å²) in [5.41, 5.74) is 0. The van der Waals surface area contributed by atoms with Crippen LogP contribution in [0.25, 0.3) is 0 Å². The Bertz CT molecular complexity index is 298. The molecule has 0 atom stereocenters. The number of hydrogen-bond donors (Lipinski definition) is 1. The summed E-state index contributed by atoms with van der Waals surface area (Å²) in [4.78, 5) is 0. The Morgan fingerprint density at radius 3 is 2.53 bits per heavy atom. The van der Waals surface area contributed by atoms with Crippen LogP contribution in [-0.4, -0.2) is 45.2 Å². The van der Waals surface area contributed by atoms with Gasteiger partial charge < -0.3 is 5.32 Å². The van der Waals surface area contributed by atoms with Gasteiger partial charge in [0.15, 0.2) is 0 Å². The van der Waals surface area contributed by atoms with Crippen LogP contribution in [-0.2, 0) is 10.0 Å². The summed E-state index contributed by atoms with van der Waals surface area (Å²) in [7, 11) is -1.32. The van der Waals surface area contributed by atoms with E-state index in [-0.39, 0.29) is 0 Å². The summed E-state index contributed by atoms with van der Waals surface area (Å²) in [5.74, 6) is 0.906. The standard InChI is InChI=1S/C12H26N2O2S/c1-3-4-10-14(2)17(15,16)11-7-12-5-8-13-9-6-12/h12-13H,3-11H2,1-2H3. The van der Waals surface area contributed by atoms with E-state index in [1.165, 1.54) is 4.31 Å². The summed E-state index contributed by atoms with van der Waals surface area (Å²) in [6.07, 6.45) is 5.04. The predicted molar refractivity (Wildman–Crippen MR) is 71.5 cm³/mol. The highest BCUT2D eigenvalue weighted by Gasteiger charge is 2.20. The molecule has 1 fully saturated rings. The average Bonchev–Trinajstić information content (AvgIpc) is 2.35. The lowest BCUT2D eigenvalue weighted by Crippen LogP contribution is -2.33. The van der Waals surface area contributed by atoms with E-state index in [1.807, 2.05) is 0 Å². The average molecular weight is 262 g/mol. The molecule has 0 aromatic rings. The Morgan fingerprint density at radius 1 is 1.29 bits per heavy atom. The van der Waals surface area contributed by atoms with Crippen LogP contribution in [0.1, 0.15) is 39.0 Å². The number of sulfonamides is 1. The molecule has 5 heteroatoms. The molecule has 1 N–H and O–H groups in total. The number of unbranched alkanes of at least 4 members (excludes halogenated alkanes) is 1. The SMILES string of the molecule is CCCCN(C)S(=O)(=O)CCC1CCNCC1. The van der Waals surface area contributed by atoms with E-state index in [0.717, 1.165) is 45.2 Å². The van der Waals surface area contributed by atoms with E-state index in [2.05, 4.69) is 12.2 Å². The van der Waals surface area contributed by atoms with Gasteiger partial charge in [-0.2, -0.15) is 0 Å². The molecular weight excluding hydrogens is 236 g/mol. The van der Waals surface area contributed by atoms with Crippen molar-refractivity contribution in [1.82, 2.24) is 9.62 Å². The van der Waals surface area contributed by atoms with Crippen LogP contribution in [0.2, 0.25) is 0 Å². The second-order valence-electron chi connectivity index (χ2n) is 4.97. The zero-order valence-corrected chi connectivity index (χ0v) is 11.9. The van der Waals surface area contributed by atoms with Gasteiger partial charge in [-0.15, -0.1) is 0 Å². The van der Waals surface area contributed by atoms with E-state index >= 15 is 0 Å². The zero-order valence-electron chi connectivity index (χ0n) is 11.1. The first-order valence-corrected chi connectivity index (χ1v) is 8.32. The third kappa shape index (κ3) is 5.36. The summed E-state index contributed by atoms with van der Waals surface area (Å²) < 4.78 is 25.5. The van der Waals surface area contributed by atoms with Crippen LogP contribution < -0.4 is 5.32 Å². The van der Waals surface area contributed by atoms with Crippen LogP contribution in [0.3, 0.4) is 0 Å². The molecule has 1 heterocycles. The fourth-order valence-electron chi connectivity index (χ4n) is 2.16. The second kappa shape index (κ2) is 7.34. The second-order valence-corrected chi connectivity index (χ2v) is 7.17. The minimum absolute atomic E-state index is 0.317. The maximum Gasteiger partial charge on any atom is 0.213 e. The zero-order chi connectivity index (χ0) is 12.7. The normalized spacial score (nSPS) is 18.8. The van der Waals surface area contributed by atoms with E-state index in [0.29, 0.717) is 18.2 Å². The van der Waals surface area contributed by atoms with E-state index in [9.17, 15) is 8.42 Å². The molecule has 0 aromatic heterocycles. The summed E-state index contributed by atoms with van der Waals surface area (Å²) in [6, 6.07) is 0. The lowest BCUT2D eigenvalue weighted by Gasteiger charge is -2.23. The van der Waals surface area contributed by atoms with E-state index in [1.54, 1.807) is 7.05 Å². The molecule has 0 radical (unpaired) electrons. The molecule has 0 spiro atoms. The molecule has 1 aliphatic rings. The lowest BCUT2D eigenvalue weighted by atomic mass is 9.96. The minimum atomic E-state index is -3.02. The van der Waals surface area contributed by atoms with Crippen molar-refractivity contribution >= 4 is 10.0 Å². The topological polar surface area (TPSA) is 49.4 Å². The van der Waals surface area contributed by atoms with Crippen LogP contribution in [0.15, 0.2) is 0 Å². The molecule has 0 aromatic carbocycles. The van der Waals surface area contributed by atoms with Gasteiger partial charge in [0, 0.05) is 13.6 Å². The number of rotatable bonds is 7. The van der Waals surface area contributed by atoms with Crippen LogP contribution in [0.5, 0.6) is 0 Å². The van der Waals surface area contributed by atoms with Crippen molar-refractivity contribution in [2.24, 2.45) is 5.92 Å². The Morgan fingerprint density at radius 2 is 1.94 bits per heavy atom. The molecule has 4 nitrogen and oxygen atoms in total. The first-order chi connectivity index (χ1) is 8.06. The number of nitrogens with one attached hydrogen (secondary N) is 1. The molecule has 17 heavy (non-hydrogen) atoms. The molecule has 0 bridgehead atoms. The van der Waals surface area contributed by atoms with Crippen molar-refractivity contribution in [2.75, 3.05) is 32.4 Å². The van der Waals surface area contributed by atoms with Crippen molar-refractivity contribution in [1.29, 1.82) is 0 Å². The number of piperidine rings is 1. The highest BCUT2D eigenvalue weighted by Crippen LogP contribution is 2.17. The fourth-order valence-corrected chi connectivity index (χ4v) is 3.51. The van der Waals surface area contributed by atoms with E-state index < -0.39 is 10.0 Å². The minimum Gasteiger partial charge on any atom is -0.317 e. The Balaban J connectivity index is 2.32. The maximum absolute atomic E-state index is 12.0. The summed E-state index contributed by atoms with van der Waals surface area (Å²) >= 11 is 0. The van der Waals surface area contributed by atoms with Crippen LogP contribution in [0.4, 0.5) is 0 Å². The fraction of sp³-hybridized carbons (Fsp3) is 1.00. The monoisotopic (exact) mass is 262 g/mol. The van der Waals surface area contributed by atoms with E-state index in [4.69, 9.17) is 0 Å². The third-order valence-electron chi connectivity index (χ3n) is 3.54. The largest absolute Gasteiger partial charge is 0.317 e. The molecule has 102 valence electrons. The Kier molecular flexibility index (Phi) is 6.44. The summed E-state index contributed by atoms with van der Waals surface area (Å²) in [5, 5.41) is 3.30. The van der Waals surface area contributed by atoms with Gasteiger partial charge in [-0.3, -0.25) is 0 Å². The van der Waals surface area contributed by atoms with Crippen molar-refractivity contribution in [3.63, 3.8) is 0 Å². The first kappa shape index (κ1) is 14.9. The van der Waals surface area contributed by atoms with Gasteiger partial charge in [0.05, 0.1) is 5.75 Å². The van der Waals surface area contributed by atoms with Gasteiger partial charge in [0.25, 0.3) is 0 Å². The molecule has 0 aliphatic carbocycles. The van der Waals surface area contributed by atoms with Crippen molar-refractivity contribution in [3.8, 4) is 0 Å². The Labute approximate surface area is 106 Å². The van der Waals surface area contributed by atoms with Gasteiger partial charge in [0.2, 0.25) is 10.0 Å². The quantitative estimate of drug-likeness (QED) is 0.755. The van der Waals surface area contributed by atoms with Gasteiger partial charge in [-0.1, -0.05) is 13.3 Å². The third-order valence-corrected chi connectivity index (χ3v) is 5.43.